The Morgan fingerprint density at radius 2 is 2.00 bits per heavy atom. The summed E-state index contributed by atoms with van der Waals surface area (Å²) < 4.78 is 5.58. The number of ether oxygens (including phenoxy) is 1. The van der Waals surface area contributed by atoms with E-state index < -0.39 is 0 Å². The van der Waals surface area contributed by atoms with Crippen LogP contribution in [0.1, 0.15) is 32.6 Å². The van der Waals surface area contributed by atoms with Crippen LogP contribution in [-0.4, -0.2) is 46.0 Å². The highest BCUT2D eigenvalue weighted by atomic mass is 35.5. The summed E-state index contributed by atoms with van der Waals surface area (Å²) in [6, 6.07) is 0. The first kappa shape index (κ1) is 14.4. The Balaban J connectivity index is 1.75. The maximum absolute atomic E-state index is 6.06. The molecular weight excluding hydrogens is 296 g/mol. The van der Waals surface area contributed by atoms with Gasteiger partial charge in [0.05, 0.1) is 6.10 Å². The normalized spacial score (nSPS) is 27.0. The third kappa shape index (κ3) is 3.35. The molecule has 0 N–H and O–H groups in total. The van der Waals surface area contributed by atoms with Crippen molar-refractivity contribution in [1.82, 2.24) is 15.0 Å². The van der Waals surface area contributed by atoms with Crippen LogP contribution in [0.2, 0.25) is 5.28 Å². The van der Waals surface area contributed by atoms with Crippen LogP contribution in [0.4, 0.5) is 5.95 Å². The largest absolute Gasteiger partial charge is 0.377 e. The number of anilines is 1. The number of rotatable bonds is 3. The van der Waals surface area contributed by atoms with E-state index in [-0.39, 0.29) is 11.4 Å². The molecule has 0 saturated carbocycles. The van der Waals surface area contributed by atoms with Gasteiger partial charge in [0.15, 0.2) is 5.16 Å². The second-order valence-corrected chi connectivity index (χ2v) is 6.80. The summed E-state index contributed by atoms with van der Waals surface area (Å²) in [7, 11) is 0. The molecule has 1 aromatic heterocycles. The van der Waals surface area contributed by atoms with Gasteiger partial charge in [-0.05, 0) is 44.2 Å². The van der Waals surface area contributed by atoms with Crippen LogP contribution in [-0.2, 0) is 4.74 Å². The van der Waals surface area contributed by atoms with Crippen molar-refractivity contribution in [2.45, 2.75) is 49.1 Å². The lowest BCUT2D eigenvalue weighted by Crippen LogP contribution is -2.31. The predicted octanol–water partition coefficient (Wildman–Crippen LogP) is 2.78. The summed E-state index contributed by atoms with van der Waals surface area (Å²) in [5.41, 5.74) is 0. The lowest BCUT2D eigenvalue weighted by Gasteiger charge is -2.26. The molecule has 3 heterocycles. The highest BCUT2D eigenvalue weighted by molar-refractivity contribution is 7.99. The summed E-state index contributed by atoms with van der Waals surface area (Å²) in [6.45, 7) is 4.93. The topological polar surface area (TPSA) is 51.1 Å². The van der Waals surface area contributed by atoms with Crippen LogP contribution in [0.5, 0.6) is 0 Å². The summed E-state index contributed by atoms with van der Waals surface area (Å²) in [6.07, 6.45) is 4.95. The first-order chi connectivity index (χ1) is 9.72. The number of hydrogen-bond acceptors (Lipinski definition) is 6. The van der Waals surface area contributed by atoms with Crippen molar-refractivity contribution < 1.29 is 4.74 Å². The number of thioether (sulfide) groups is 1. The van der Waals surface area contributed by atoms with Crippen molar-refractivity contribution in [3.63, 3.8) is 0 Å². The zero-order valence-corrected chi connectivity index (χ0v) is 13.2. The zero-order chi connectivity index (χ0) is 13.9. The molecule has 0 radical (unpaired) electrons. The molecule has 1 aromatic rings. The Kier molecular flexibility index (Phi) is 4.63. The molecule has 3 rings (SSSR count). The van der Waals surface area contributed by atoms with Gasteiger partial charge >= 0.3 is 0 Å². The van der Waals surface area contributed by atoms with Gasteiger partial charge in [-0.15, -0.1) is 0 Å². The van der Waals surface area contributed by atoms with Gasteiger partial charge in [-0.1, -0.05) is 11.8 Å². The van der Waals surface area contributed by atoms with Gasteiger partial charge in [-0.2, -0.15) is 15.0 Å². The fourth-order valence-electron chi connectivity index (χ4n) is 2.61. The minimum absolute atomic E-state index is 0.244. The van der Waals surface area contributed by atoms with E-state index in [1.54, 1.807) is 11.8 Å². The molecule has 5 nitrogen and oxygen atoms in total. The number of piperidine rings is 1. The Hall–Kier alpha value is -0.590. The minimum Gasteiger partial charge on any atom is -0.377 e. The van der Waals surface area contributed by atoms with Crippen molar-refractivity contribution in [3.05, 3.63) is 5.28 Å². The maximum Gasteiger partial charge on any atom is 0.230 e. The molecule has 110 valence electrons. The van der Waals surface area contributed by atoms with E-state index in [9.17, 15) is 0 Å². The first-order valence-electron chi connectivity index (χ1n) is 7.17. The van der Waals surface area contributed by atoms with Crippen LogP contribution in [0.15, 0.2) is 5.16 Å². The number of halogens is 1. The third-order valence-electron chi connectivity index (χ3n) is 3.78. The lowest BCUT2D eigenvalue weighted by molar-refractivity contribution is 0.127. The highest BCUT2D eigenvalue weighted by Gasteiger charge is 2.27. The van der Waals surface area contributed by atoms with Crippen molar-refractivity contribution in [1.29, 1.82) is 0 Å². The van der Waals surface area contributed by atoms with Crippen LogP contribution >= 0.6 is 23.4 Å². The minimum atomic E-state index is 0.244. The molecule has 0 bridgehead atoms. The smallest absolute Gasteiger partial charge is 0.230 e. The first-order valence-corrected chi connectivity index (χ1v) is 8.43. The van der Waals surface area contributed by atoms with Crippen LogP contribution in [0.3, 0.4) is 0 Å². The molecule has 2 fully saturated rings. The SMILES string of the molecule is CC1OCCC1Sc1nc(Cl)nc(N2CCCCC2)n1. The average molecular weight is 315 g/mol. The molecule has 2 atom stereocenters. The predicted molar refractivity (Wildman–Crippen MR) is 80.6 cm³/mol. The summed E-state index contributed by atoms with van der Waals surface area (Å²) in [4.78, 5) is 15.3. The van der Waals surface area contributed by atoms with Gasteiger partial charge in [0.1, 0.15) is 0 Å². The third-order valence-corrected chi connectivity index (χ3v) is 5.26. The lowest BCUT2D eigenvalue weighted by atomic mass is 10.1. The molecule has 0 spiro atoms. The molecule has 2 saturated heterocycles. The highest BCUT2D eigenvalue weighted by Crippen LogP contribution is 2.31. The van der Waals surface area contributed by atoms with Gasteiger partial charge < -0.3 is 9.64 Å². The zero-order valence-electron chi connectivity index (χ0n) is 11.6. The van der Waals surface area contributed by atoms with E-state index in [1.807, 2.05) is 0 Å². The van der Waals surface area contributed by atoms with Gasteiger partial charge in [-0.3, -0.25) is 0 Å². The molecule has 2 unspecified atom stereocenters. The van der Waals surface area contributed by atoms with Gasteiger partial charge in [-0.25, -0.2) is 0 Å². The fraction of sp³-hybridized carbons (Fsp3) is 0.769. The molecule has 7 heteroatoms. The second-order valence-electron chi connectivity index (χ2n) is 5.26. The van der Waals surface area contributed by atoms with E-state index in [2.05, 4.69) is 26.8 Å². The van der Waals surface area contributed by atoms with Crippen molar-refractivity contribution in [3.8, 4) is 0 Å². The standard InChI is InChI=1S/C13H19ClN4OS/c1-9-10(5-8-19-9)20-13-16-11(14)15-12(17-13)18-6-3-2-4-7-18/h9-10H,2-8H2,1H3. The molecule has 2 aliphatic heterocycles. The van der Waals surface area contributed by atoms with Gasteiger partial charge in [0.25, 0.3) is 0 Å². The molecule has 0 aliphatic carbocycles. The molecule has 2 aliphatic rings. The van der Waals surface area contributed by atoms with E-state index in [0.29, 0.717) is 10.4 Å². The van der Waals surface area contributed by atoms with E-state index in [1.165, 1.54) is 19.3 Å². The van der Waals surface area contributed by atoms with Crippen LogP contribution in [0, 0.1) is 0 Å². The number of aromatic nitrogens is 3. The van der Waals surface area contributed by atoms with Gasteiger partial charge in [0.2, 0.25) is 11.2 Å². The molecular formula is C13H19ClN4OS. The van der Waals surface area contributed by atoms with Crippen molar-refractivity contribution in [2.24, 2.45) is 0 Å². The Labute approximate surface area is 128 Å². The Bertz CT molecular complexity index is 470. The molecule has 0 aromatic carbocycles. The maximum atomic E-state index is 6.06. The molecule has 20 heavy (non-hydrogen) atoms. The van der Waals surface area contributed by atoms with E-state index >= 15 is 0 Å². The average Bonchev–Trinajstić information content (AvgIpc) is 2.85. The summed E-state index contributed by atoms with van der Waals surface area (Å²) >= 11 is 7.71. The monoisotopic (exact) mass is 314 g/mol. The van der Waals surface area contributed by atoms with Crippen molar-refractivity contribution in [2.75, 3.05) is 24.6 Å². The molecule has 0 amide bonds. The quantitative estimate of drug-likeness (QED) is 0.855. The Morgan fingerprint density at radius 1 is 1.20 bits per heavy atom. The fourth-order valence-corrected chi connectivity index (χ4v) is 3.85. The summed E-state index contributed by atoms with van der Waals surface area (Å²) in [5, 5.41) is 1.41. The second kappa shape index (κ2) is 6.45. The van der Waals surface area contributed by atoms with Crippen molar-refractivity contribution >= 4 is 29.3 Å². The van der Waals surface area contributed by atoms with Crippen LogP contribution in [0.25, 0.3) is 0 Å². The van der Waals surface area contributed by atoms with E-state index in [4.69, 9.17) is 16.3 Å². The number of hydrogen-bond donors (Lipinski definition) is 0. The number of nitrogens with zero attached hydrogens (tertiary/aromatic N) is 4. The summed E-state index contributed by atoms with van der Waals surface area (Å²) in [5.74, 6) is 0.721. The van der Waals surface area contributed by atoms with Gasteiger partial charge in [0, 0.05) is 24.9 Å². The van der Waals surface area contributed by atoms with E-state index in [0.717, 1.165) is 32.1 Å². The Morgan fingerprint density at radius 3 is 2.70 bits per heavy atom. The van der Waals surface area contributed by atoms with Crippen LogP contribution < -0.4 is 4.90 Å².